The van der Waals surface area contributed by atoms with Gasteiger partial charge in [-0.2, -0.15) is 0 Å². The Morgan fingerprint density at radius 3 is 2.48 bits per heavy atom. The molecule has 2 N–H and O–H groups in total. The van der Waals surface area contributed by atoms with Crippen LogP contribution in [-0.4, -0.2) is 41.3 Å². The number of aromatic nitrogens is 2. The number of piperidine rings is 1. The molecule has 0 unspecified atom stereocenters. The molecule has 0 spiro atoms. The third-order valence-corrected chi connectivity index (χ3v) is 5.33. The van der Waals surface area contributed by atoms with Crippen LogP contribution in [0.3, 0.4) is 0 Å². The Balaban J connectivity index is 1.13. The van der Waals surface area contributed by atoms with E-state index in [1.807, 2.05) is 36.4 Å². The summed E-state index contributed by atoms with van der Waals surface area (Å²) in [7, 11) is 0. The molecule has 2 heterocycles. The quantitative estimate of drug-likeness (QED) is 0.440. The van der Waals surface area contributed by atoms with Gasteiger partial charge in [0.15, 0.2) is 0 Å². The Morgan fingerprint density at radius 1 is 0.871 bits per heavy atom. The second-order valence-electron chi connectivity index (χ2n) is 7.86. The first-order chi connectivity index (χ1) is 15.3. The van der Waals surface area contributed by atoms with Gasteiger partial charge in [0.2, 0.25) is 0 Å². The van der Waals surface area contributed by atoms with Crippen LogP contribution in [0.15, 0.2) is 59.0 Å². The summed E-state index contributed by atoms with van der Waals surface area (Å²) in [6, 6.07) is 19.4. The van der Waals surface area contributed by atoms with E-state index < -0.39 is 0 Å². The third kappa shape index (κ3) is 7.00. The van der Waals surface area contributed by atoms with Crippen molar-refractivity contribution in [1.29, 1.82) is 0 Å². The maximum absolute atomic E-state index is 5.93. The lowest BCUT2D eigenvalue weighted by molar-refractivity contribution is 0.220. The van der Waals surface area contributed by atoms with Gasteiger partial charge in [-0.25, -0.2) is 0 Å². The number of likely N-dealkylation sites (tertiary alicyclic amines) is 1. The van der Waals surface area contributed by atoms with E-state index in [2.05, 4.69) is 43.9 Å². The van der Waals surface area contributed by atoms with Crippen LogP contribution in [-0.2, 0) is 13.1 Å². The van der Waals surface area contributed by atoms with Crippen LogP contribution in [0.25, 0.3) is 0 Å². The van der Waals surface area contributed by atoms with Crippen molar-refractivity contribution >= 4 is 12.0 Å². The van der Waals surface area contributed by atoms with Gasteiger partial charge in [-0.1, -0.05) is 59.1 Å². The fourth-order valence-corrected chi connectivity index (χ4v) is 3.71. The van der Waals surface area contributed by atoms with Crippen molar-refractivity contribution in [3.8, 4) is 5.75 Å². The minimum absolute atomic E-state index is 0.410. The zero-order valence-corrected chi connectivity index (χ0v) is 17.9. The summed E-state index contributed by atoms with van der Waals surface area (Å²) in [5.74, 6) is 0.930. The molecule has 1 saturated heterocycles. The molecule has 1 fully saturated rings. The van der Waals surface area contributed by atoms with Crippen LogP contribution in [0.2, 0.25) is 0 Å². The van der Waals surface area contributed by atoms with E-state index in [-0.39, 0.29) is 0 Å². The van der Waals surface area contributed by atoms with E-state index in [1.165, 1.54) is 37.9 Å². The highest BCUT2D eigenvalue weighted by molar-refractivity contribution is 5.29. The number of nitrogens with one attached hydrogen (secondary N) is 2. The fraction of sp³-hybridized carbons (Fsp3) is 0.417. The van der Waals surface area contributed by atoms with Gasteiger partial charge < -0.3 is 19.8 Å². The molecule has 164 valence electrons. The highest BCUT2D eigenvalue weighted by atomic mass is 16.5. The molecule has 0 amide bonds. The van der Waals surface area contributed by atoms with Crippen LogP contribution < -0.4 is 15.4 Å². The maximum Gasteiger partial charge on any atom is 0.317 e. The first-order valence-corrected chi connectivity index (χ1v) is 11.1. The predicted molar refractivity (Wildman–Crippen MR) is 122 cm³/mol. The molecule has 4 rings (SSSR count). The van der Waals surface area contributed by atoms with Gasteiger partial charge in [-0.15, -0.1) is 0 Å². The fourth-order valence-electron chi connectivity index (χ4n) is 3.71. The summed E-state index contributed by atoms with van der Waals surface area (Å²) in [6.45, 7) is 5.40. The Kier molecular flexibility index (Phi) is 7.76. The molecule has 0 bridgehead atoms. The highest BCUT2D eigenvalue weighted by Gasteiger charge is 2.10. The van der Waals surface area contributed by atoms with Crippen LogP contribution in [0.4, 0.5) is 12.0 Å². The minimum Gasteiger partial charge on any atom is -0.494 e. The third-order valence-electron chi connectivity index (χ3n) is 5.33. The predicted octanol–water partition coefficient (Wildman–Crippen LogP) is 4.55. The Hall–Kier alpha value is -3.06. The molecule has 1 aromatic heterocycles. The van der Waals surface area contributed by atoms with Gasteiger partial charge in [0.05, 0.1) is 6.61 Å². The molecular formula is C24H31N5O2. The topological polar surface area (TPSA) is 75.5 Å². The normalized spacial score (nSPS) is 14.3. The maximum atomic E-state index is 5.93. The van der Waals surface area contributed by atoms with Crippen LogP contribution in [0.5, 0.6) is 5.75 Å². The molecule has 0 aliphatic carbocycles. The number of rotatable bonds is 11. The lowest BCUT2D eigenvalue weighted by Crippen LogP contribution is -2.29. The second-order valence-corrected chi connectivity index (χ2v) is 7.86. The van der Waals surface area contributed by atoms with Crippen molar-refractivity contribution in [2.75, 3.05) is 36.9 Å². The standard InChI is InChI=1S/C24H31N5O2/c1-3-9-20(10-4-1)18-26-24-28-27-23(31-24)25-13-8-16-30-22-12-7-11-21(17-22)19-29-14-5-2-6-15-29/h1,3-4,7,9-12,17H,2,5-6,8,13-16,18-19H2,(H,25,27)(H,26,28). The molecular weight excluding hydrogens is 390 g/mol. The number of hydrogen-bond donors (Lipinski definition) is 2. The van der Waals surface area contributed by atoms with Gasteiger partial charge >= 0.3 is 12.0 Å². The molecule has 0 atom stereocenters. The van der Waals surface area contributed by atoms with E-state index >= 15 is 0 Å². The minimum atomic E-state index is 0.410. The monoisotopic (exact) mass is 421 g/mol. The van der Waals surface area contributed by atoms with E-state index in [1.54, 1.807) is 0 Å². The van der Waals surface area contributed by atoms with Crippen molar-refractivity contribution in [3.05, 3.63) is 65.7 Å². The molecule has 0 saturated carbocycles. The lowest BCUT2D eigenvalue weighted by atomic mass is 10.1. The van der Waals surface area contributed by atoms with Crippen molar-refractivity contribution in [2.45, 2.75) is 38.8 Å². The number of ether oxygens (including phenoxy) is 1. The summed E-state index contributed by atoms with van der Waals surface area (Å²) >= 11 is 0. The molecule has 3 aromatic rings. The first-order valence-electron chi connectivity index (χ1n) is 11.1. The number of benzene rings is 2. The molecule has 31 heavy (non-hydrogen) atoms. The SMILES string of the molecule is c1ccc(CNc2nnc(NCCCOc3cccc(CN4CCCCC4)c3)o2)cc1. The zero-order chi connectivity index (χ0) is 21.1. The van der Waals surface area contributed by atoms with E-state index in [9.17, 15) is 0 Å². The average Bonchev–Trinajstić information content (AvgIpc) is 3.27. The summed E-state index contributed by atoms with van der Waals surface area (Å²) in [5, 5.41) is 14.3. The van der Waals surface area contributed by atoms with Crippen molar-refractivity contribution in [2.24, 2.45) is 0 Å². The molecule has 1 aliphatic heterocycles. The van der Waals surface area contributed by atoms with E-state index in [0.29, 0.717) is 31.7 Å². The summed E-state index contributed by atoms with van der Waals surface area (Å²) in [6.07, 6.45) is 4.83. The number of nitrogens with zero attached hydrogens (tertiary/aromatic N) is 3. The summed E-state index contributed by atoms with van der Waals surface area (Å²) in [4.78, 5) is 2.53. The van der Waals surface area contributed by atoms with Gasteiger partial charge in [0.25, 0.3) is 0 Å². The molecule has 1 aliphatic rings. The van der Waals surface area contributed by atoms with E-state index in [4.69, 9.17) is 9.15 Å². The molecule has 0 radical (unpaired) electrons. The highest BCUT2D eigenvalue weighted by Crippen LogP contribution is 2.18. The van der Waals surface area contributed by atoms with Gasteiger partial charge in [-0.3, -0.25) is 4.90 Å². The largest absolute Gasteiger partial charge is 0.494 e. The molecule has 7 nitrogen and oxygen atoms in total. The van der Waals surface area contributed by atoms with Crippen molar-refractivity contribution in [1.82, 2.24) is 15.1 Å². The van der Waals surface area contributed by atoms with Crippen molar-refractivity contribution in [3.63, 3.8) is 0 Å². The summed E-state index contributed by atoms with van der Waals surface area (Å²) < 4.78 is 11.5. The second kappa shape index (κ2) is 11.4. The molecule has 7 heteroatoms. The summed E-state index contributed by atoms with van der Waals surface area (Å²) in [5.41, 5.74) is 2.48. The zero-order valence-electron chi connectivity index (χ0n) is 17.9. The lowest BCUT2D eigenvalue weighted by Gasteiger charge is -2.26. The average molecular weight is 422 g/mol. The molecule has 2 aromatic carbocycles. The number of anilines is 2. The smallest absolute Gasteiger partial charge is 0.317 e. The number of hydrogen-bond acceptors (Lipinski definition) is 7. The Bertz CT molecular complexity index is 909. The Morgan fingerprint density at radius 2 is 1.65 bits per heavy atom. The van der Waals surface area contributed by atoms with E-state index in [0.717, 1.165) is 24.3 Å². The van der Waals surface area contributed by atoms with Crippen LogP contribution in [0.1, 0.15) is 36.8 Å². The van der Waals surface area contributed by atoms with Crippen molar-refractivity contribution < 1.29 is 9.15 Å². The van der Waals surface area contributed by atoms with Crippen LogP contribution >= 0.6 is 0 Å². The van der Waals surface area contributed by atoms with Gasteiger partial charge in [-0.05, 0) is 55.6 Å². The van der Waals surface area contributed by atoms with Gasteiger partial charge in [0, 0.05) is 19.6 Å². The van der Waals surface area contributed by atoms with Gasteiger partial charge in [0.1, 0.15) is 5.75 Å². The van der Waals surface area contributed by atoms with Crippen LogP contribution in [0, 0.1) is 0 Å². The first kappa shape index (κ1) is 21.2. The Labute approximate surface area is 183 Å².